The molecule has 1 saturated heterocycles. The largest absolute Gasteiger partial charge is 0.447 e. The summed E-state index contributed by atoms with van der Waals surface area (Å²) < 4.78 is 4.90. The SMILES string of the molecule is C#C.O=C1N[C@H](c2cccc(C#Cc3ccccc3)c2)CO1.c1cncnc1. The molecule has 5 nitrogen and oxygen atoms in total. The molecule has 0 unspecified atom stereocenters. The van der Waals surface area contributed by atoms with Crippen molar-refractivity contribution >= 4 is 6.09 Å². The Morgan fingerprint density at radius 1 is 0.929 bits per heavy atom. The highest BCUT2D eigenvalue weighted by Crippen LogP contribution is 2.18. The van der Waals surface area contributed by atoms with Crippen molar-refractivity contribution in [1.29, 1.82) is 0 Å². The molecule has 4 rings (SSSR count). The van der Waals surface area contributed by atoms with Crippen LogP contribution in [0.2, 0.25) is 0 Å². The lowest BCUT2D eigenvalue weighted by molar-refractivity contribution is 0.177. The lowest BCUT2D eigenvalue weighted by Crippen LogP contribution is -2.18. The fraction of sp³-hybridized carbons (Fsp3) is 0.0870. The van der Waals surface area contributed by atoms with Gasteiger partial charge in [-0.2, -0.15) is 0 Å². The highest BCUT2D eigenvalue weighted by molar-refractivity contribution is 5.70. The van der Waals surface area contributed by atoms with E-state index in [2.05, 4.69) is 40.0 Å². The molecule has 138 valence electrons. The predicted molar refractivity (Wildman–Crippen MR) is 108 cm³/mol. The fourth-order valence-electron chi connectivity index (χ4n) is 2.32. The number of amides is 1. The van der Waals surface area contributed by atoms with Crippen molar-refractivity contribution in [3.05, 3.63) is 96.1 Å². The van der Waals surface area contributed by atoms with Gasteiger partial charge in [-0.1, -0.05) is 42.2 Å². The summed E-state index contributed by atoms with van der Waals surface area (Å²) in [5, 5.41) is 2.76. The number of alkyl carbamates (subject to hydrolysis) is 1. The molecule has 1 fully saturated rings. The molecule has 0 saturated carbocycles. The summed E-state index contributed by atoms with van der Waals surface area (Å²) in [5.74, 6) is 6.25. The van der Waals surface area contributed by atoms with Gasteiger partial charge in [-0.25, -0.2) is 14.8 Å². The van der Waals surface area contributed by atoms with Crippen molar-refractivity contribution in [1.82, 2.24) is 15.3 Å². The van der Waals surface area contributed by atoms with Crippen LogP contribution in [-0.2, 0) is 4.74 Å². The van der Waals surface area contributed by atoms with Crippen LogP contribution in [-0.4, -0.2) is 22.7 Å². The van der Waals surface area contributed by atoms with E-state index in [4.69, 9.17) is 4.74 Å². The molecule has 0 bridgehead atoms. The third-order valence-electron chi connectivity index (χ3n) is 3.56. The van der Waals surface area contributed by atoms with Crippen LogP contribution in [0.3, 0.4) is 0 Å². The standard InChI is InChI=1S/C17H13NO2.C4H4N2.C2H2/c19-17-18-16(12-20-17)15-8-4-7-14(11-15)10-9-13-5-2-1-3-6-13;1-2-5-4-6-3-1;1-2/h1-8,11,16H,12H2,(H,18,19);1-4H;1-2H/t16-;;/m0../s1. The number of ether oxygens (including phenoxy) is 1. The van der Waals surface area contributed by atoms with Gasteiger partial charge in [0, 0.05) is 23.5 Å². The number of cyclic esters (lactones) is 1. The van der Waals surface area contributed by atoms with E-state index in [1.54, 1.807) is 18.5 Å². The lowest BCUT2D eigenvalue weighted by Gasteiger charge is -2.07. The van der Waals surface area contributed by atoms with E-state index in [0.717, 1.165) is 16.7 Å². The van der Waals surface area contributed by atoms with E-state index in [9.17, 15) is 4.79 Å². The zero-order chi connectivity index (χ0) is 20.0. The molecule has 5 heteroatoms. The smallest absolute Gasteiger partial charge is 0.407 e. The molecular weight excluding hydrogens is 350 g/mol. The van der Waals surface area contributed by atoms with Gasteiger partial charge in [0.2, 0.25) is 0 Å². The van der Waals surface area contributed by atoms with Gasteiger partial charge in [0.1, 0.15) is 12.9 Å². The van der Waals surface area contributed by atoms with Crippen molar-refractivity contribution in [2.24, 2.45) is 0 Å². The van der Waals surface area contributed by atoms with Gasteiger partial charge >= 0.3 is 6.09 Å². The van der Waals surface area contributed by atoms with E-state index < -0.39 is 0 Å². The van der Waals surface area contributed by atoms with Gasteiger partial charge in [0.15, 0.2) is 0 Å². The molecule has 1 aliphatic heterocycles. The predicted octanol–water partition coefficient (Wildman–Crippen LogP) is 3.59. The first-order chi connectivity index (χ1) is 13.8. The van der Waals surface area contributed by atoms with E-state index in [-0.39, 0.29) is 12.1 Å². The summed E-state index contributed by atoms with van der Waals surface area (Å²) in [5.41, 5.74) is 2.92. The molecule has 0 aliphatic carbocycles. The minimum absolute atomic E-state index is 0.0824. The van der Waals surface area contributed by atoms with Gasteiger partial charge in [0.25, 0.3) is 0 Å². The van der Waals surface area contributed by atoms with Crippen molar-refractivity contribution in [2.75, 3.05) is 6.61 Å². The Kier molecular flexibility index (Phi) is 8.31. The number of hydrogen-bond donors (Lipinski definition) is 1. The summed E-state index contributed by atoms with van der Waals surface area (Å²) >= 11 is 0. The van der Waals surface area contributed by atoms with E-state index >= 15 is 0 Å². The van der Waals surface area contributed by atoms with E-state index in [0.29, 0.717) is 6.61 Å². The van der Waals surface area contributed by atoms with E-state index in [1.807, 2.05) is 54.6 Å². The summed E-state index contributed by atoms with van der Waals surface area (Å²) in [6.45, 7) is 0.369. The number of rotatable bonds is 1. The summed E-state index contributed by atoms with van der Waals surface area (Å²) in [4.78, 5) is 18.4. The number of carbonyl (C=O) groups excluding carboxylic acids is 1. The van der Waals surface area contributed by atoms with Crippen LogP contribution in [0.5, 0.6) is 0 Å². The molecule has 1 amide bonds. The van der Waals surface area contributed by atoms with Gasteiger partial charge in [-0.15, -0.1) is 12.8 Å². The summed E-state index contributed by atoms with van der Waals surface area (Å²) in [7, 11) is 0. The third-order valence-corrected chi connectivity index (χ3v) is 3.56. The second kappa shape index (κ2) is 11.5. The van der Waals surface area contributed by atoms with Crippen LogP contribution in [0.1, 0.15) is 22.7 Å². The highest BCUT2D eigenvalue weighted by Gasteiger charge is 2.23. The highest BCUT2D eigenvalue weighted by atomic mass is 16.6. The second-order valence-electron chi connectivity index (χ2n) is 5.44. The van der Waals surface area contributed by atoms with Gasteiger partial charge in [0.05, 0.1) is 6.04 Å². The Morgan fingerprint density at radius 2 is 1.61 bits per heavy atom. The van der Waals surface area contributed by atoms with E-state index in [1.165, 1.54) is 6.33 Å². The first-order valence-corrected chi connectivity index (χ1v) is 8.45. The zero-order valence-corrected chi connectivity index (χ0v) is 15.2. The van der Waals surface area contributed by atoms with Gasteiger partial charge in [-0.3, -0.25) is 0 Å². The molecule has 28 heavy (non-hydrogen) atoms. The molecule has 0 spiro atoms. The van der Waals surface area contributed by atoms with Crippen molar-refractivity contribution in [3.8, 4) is 24.7 Å². The summed E-state index contributed by atoms with van der Waals surface area (Å²) in [6, 6.07) is 19.4. The normalized spacial score (nSPS) is 13.8. The van der Waals surface area contributed by atoms with Gasteiger partial charge in [-0.05, 0) is 35.9 Å². The van der Waals surface area contributed by atoms with Crippen LogP contribution in [0.25, 0.3) is 0 Å². The Bertz CT molecular complexity index is 918. The molecule has 2 aromatic carbocycles. The summed E-state index contributed by atoms with van der Waals surface area (Å²) in [6.07, 6.45) is 12.5. The van der Waals surface area contributed by atoms with Crippen molar-refractivity contribution in [3.63, 3.8) is 0 Å². The Balaban J connectivity index is 0.000000296. The molecule has 1 atom stereocenters. The monoisotopic (exact) mass is 369 g/mol. The maximum Gasteiger partial charge on any atom is 0.407 e. The average molecular weight is 369 g/mol. The van der Waals surface area contributed by atoms with Crippen LogP contribution < -0.4 is 5.32 Å². The molecule has 0 radical (unpaired) electrons. The third kappa shape index (κ3) is 6.67. The average Bonchev–Trinajstić information content (AvgIpc) is 3.23. The number of aromatic nitrogens is 2. The molecular formula is C23H19N3O2. The maximum atomic E-state index is 11.1. The first-order valence-electron chi connectivity index (χ1n) is 8.45. The minimum atomic E-state index is -0.365. The number of hydrogen-bond acceptors (Lipinski definition) is 4. The van der Waals surface area contributed by atoms with Gasteiger partial charge < -0.3 is 10.1 Å². The van der Waals surface area contributed by atoms with Crippen LogP contribution in [0.15, 0.2) is 79.4 Å². The minimum Gasteiger partial charge on any atom is -0.447 e. The number of benzene rings is 2. The number of nitrogens with one attached hydrogen (secondary N) is 1. The van der Waals surface area contributed by atoms with Crippen molar-refractivity contribution in [2.45, 2.75) is 6.04 Å². The molecule has 1 aliphatic rings. The lowest BCUT2D eigenvalue weighted by atomic mass is 10.0. The second-order valence-corrected chi connectivity index (χ2v) is 5.44. The fourth-order valence-corrected chi connectivity index (χ4v) is 2.32. The van der Waals surface area contributed by atoms with Crippen LogP contribution >= 0.6 is 0 Å². The first kappa shape index (κ1) is 20.2. The molecule has 3 aromatic rings. The van der Waals surface area contributed by atoms with Crippen molar-refractivity contribution < 1.29 is 9.53 Å². The quantitative estimate of drug-likeness (QED) is 0.666. The Morgan fingerprint density at radius 3 is 2.18 bits per heavy atom. The Labute approximate surface area is 164 Å². The Hall–Kier alpha value is -4.09. The number of nitrogens with zero attached hydrogens (tertiary/aromatic N) is 2. The van der Waals surface area contributed by atoms with Crippen LogP contribution in [0.4, 0.5) is 4.79 Å². The molecule has 1 aromatic heterocycles. The zero-order valence-electron chi connectivity index (χ0n) is 15.2. The molecule has 1 N–H and O–H groups in total. The molecule has 2 heterocycles. The number of carbonyl (C=O) groups is 1. The topological polar surface area (TPSA) is 64.1 Å². The number of terminal acetylenes is 1. The van der Waals surface area contributed by atoms with Crippen LogP contribution in [0, 0.1) is 24.7 Å². The maximum absolute atomic E-state index is 11.1.